The zero-order valence-corrected chi connectivity index (χ0v) is 8.16. The lowest BCUT2D eigenvalue weighted by atomic mass is 10.3. The Labute approximate surface area is 79.2 Å². The van der Waals surface area contributed by atoms with E-state index in [2.05, 4.69) is 22.1 Å². The van der Waals surface area contributed by atoms with Gasteiger partial charge in [-0.15, -0.1) is 0 Å². The van der Waals surface area contributed by atoms with E-state index >= 15 is 0 Å². The lowest BCUT2D eigenvalue weighted by Gasteiger charge is -2.33. The highest BCUT2D eigenvalue weighted by Crippen LogP contribution is 2.04. The fraction of sp³-hybridized carbons (Fsp3) is 0.875. The Kier molecular flexibility index (Phi) is 3.98. The number of rotatable bonds is 3. The van der Waals surface area contributed by atoms with Crippen LogP contribution in [0, 0.1) is 0 Å². The normalized spacial score (nSPS) is 24.2. The van der Waals surface area contributed by atoms with E-state index in [0.29, 0.717) is 0 Å². The van der Waals surface area contributed by atoms with Crippen LogP contribution < -0.4 is 16.8 Å². The van der Waals surface area contributed by atoms with Crippen LogP contribution in [0.5, 0.6) is 0 Å². The molecule has 0 aromatic heterocycles. The minimum absolute atomic E-state index is 0.124. The van der Waals surface area contributed by atoms with Crippen LogP contribution in [-0.2, 0) is 0 Å². The van der Waals surface area contributed by atoms with E-state index in [0.717, 1.165) is 32.6 Å². The summed E-state index contributed by atoms with van der Waals surface area (Å²) in [5.41, 5.74) is 10.7. The van der Waals surface area contributed by atoms with Gasteiger partial charge in [-0.25, -0.2) is 4.99 Å². The molecule has 5 heteroatoms. The maximum absolute atomic E-state index is 5.35. The van der Waals surface area contributed by atoms with E-state index in [9.17, 15) is 0 Å². The van der Waals surface area contributed by atoms with Gasteiger partial charge in [0, 0.05) is 19.6 Å². The summed E-state index contributed by atoms with van der Waals surface area (Å²) in [6.45, 7) is 6.11. The van der Waals surface area contributed by atoms with Crippen LogP contribution in [0.15, 0.2) is 4.99 Å². The van der Waals surface area contributed by atoms with Gasteiger partial charge in [0.05, 0.1) is 0 Å². The van der Waals surface area contributed by atoms with E-state index in [1.165, 1.54) is 0 Å². The third-order valence-corrected chi connectivity index (χ3v) is 2.13. The summed E-state index contributed by atoms with van der Waals surface area (Å²) in [5.74, 6) is 0.176. The van der Waals surface area contributed by atoms with Gasteiger partial charge in [-0.2, -0.15) is 0 Å². The molecular formula is C8H19N5. The van der Waals surface area contributed by atoms with Crippen molar-refractivity contribution in [3.8, 4) is 0 Å². The van der Waals surface area contributed by atoms with E-state index in [4.69, 9.17) is 11.5 Å². The third-order valence-electron chi connectivity index (χ3n) is 2.13. The van der Waals surface area contributed by atoms with Gasteiger partial charge in [-0.3, -0.25) is 4.90 Å². The second-order valence-electron chi connectivity index (χ2n) is 3.27. The van der Waals surface area contributed by atoms with Gasteiger partial charge in [-0.05, 0) is 13.0 Å². The zero-order valence-electron chi connectivity index (χ0n) is 8.16. The number of hydrogen-bond donors (Lipinski definition) is 3. The van der Waals surface area contributed by atoms with Crippen LogP contribution in [0.3, 0.4) is 0 Å². The van der Waals surface area contributed by atoms with Gasteiger partial charge in [0.1, 0.15) is 6.17 Å². The van der Waals surface area contributed by atoms with Crippen LogP contribution in [0.2, 0.25) is 0 Å². The molecule has 0 unspecified atom stereocenters. The van der Waals surface area contributed by atoms with Crippen molar-refractivity contribution in [1.29, 1.82) is 0 Å². The summed E-state index contributed by atoms with van der Waals surface area (Å²) in [6.07, 6.45) is 1.26. The van der Waals surface area contributed by atoms with Crippen molar-refractivity contribution in [3.63, 3.8) is 0 Å². The summed E-state index contributed by atoms with van der Waals surface area (Å²) in [6, 6.07) is 0. The molecule has 0 saturated carbocycles. The Bertz CT molecular complexity index is 173. The lowest BCUT2D eigenvalue weighted by molar-refractivity contribution is 0.167. The SMILES string of the molecule is CCCN1CCNC[C@@H]1N=C(N)N. The molecule has 0 spiro atoms. The number of nitrogens with zero attached hydrogens (tertiary/aromatic N) is 2. The first-order valence-corrected chi connectivity index (χ1v) is 4.77. The van der Waals surface area contributed by atoms with Gasteiger partial charge < -0.3 is 16.8 Å². The summed E-state index contributed by atoms with van der Waals surface area (Å²) in [5, 5.41) is 3.27. The van der Waals surface area contributed by atoms with Crippen LogP contribution >= 0.6 is 0 Å². The summed E-state index contributed by atoms with van der Waals surface area (Å²) in [4.78, 5) is 6.47. The fourth-order valence-electron chi connectivity index (χ4n) is 1.58. The molecule has 0 aromatic carbocycles. The molecular weight excluding hydrogens is 166 g/mol. The Hall–Kier alpha value is -0.810. The third kappa shape index (κ3) is 3.20. The molecule has 1 aliphatic heterocycles. The molecule has 1 rings (SSSR count). The van der Waals surface area contributed by atoms with Crippen molar-refractivity contribution in [2.75, 3.05) is 26.2 Å². The number of aliphatic imine (C=N–C) groups is 1. The molecule has 1 saturated heterocycles. The Balaban J connectivity index is 2.51. The van der Waals surface area contributed by atoms with E-state index in [1.807, 2.05) is 0 Å². The second-order valence-corrected chi connectivity index (χ2v) is 3.27. The summed E-state index contributed by atoms with van der Waals surface area (Å²) < 4.78 is 0. The molecule has 0 radical (unpaired) electrons. The van der Waals surface area contributed by atoms with E-state index in [-0.39, 0.29) is 12.1 Å². The molecule has 13 heavy (non-hydrogen) atoms. The van der Waals surface area contributed by atoms with Gasteiger partial charge in [0.15, 0.2) is 5.96 Å². The average Bonchev–Trinajstić information content (AvgIpc) is 2.08. The molecule has 1 fully saturated rings. The smallest absolute Gasteiger partial charge is 0.187 e. The van der Waals surface area contributed by atoms with E-state index in [1.54, 1.807) is 0 Å². The Morgan fingerprint density at radius 1 is 1.62 bits per heavy atom. The summed E-state index contributed by atoms with van der Waals surface area (Å²) >= 11 is 0. The molecule has 0 amide bonds. The predicted octanol–water partition coefficient (Wildman–Crippen LogP) is -1.10. The molecule has 0 bridgehead atoms. The van der Waals surface area contributed by atoms with Gasteiger partial charge in [-0.1, -0.05) is 6.92 Å². The van der Waals surface area contributed by atoms with Gasteiger partial charge >= 0.3 is 0 Å². The second kappa shape index (κ2) is 5.04. The van der Waals surface area contributed by atoms with Crippen molar-refractivity contribution < 1.29 is 0 Å². The predicted molar refractivity (Wildman–Crippen MR) is 54.3 cm³/mol. The highest BCUT2D eigenvalue weighted by atomic mass is 15.3. The number of piperazine rings is 1. The van der Waals surface area contributed by atoms with Crippen molar-refractivity contribution in [1.82, 2.24) is 10.2 Å². The van der Waals surface area contributed by atoms with Crippen molar-refractivity contribution in [3.05, 3.63) is 0 Å². The highest BCUT2D eigenvalue weighted by Gasteiger charge is 2.20. The minimum atomic E-state index is 0.124. The number of hydrogen-bond acceptors (Lipinski definition) is 3. The fourth-order valence-corrected chi connectivity index (χ4v) is 1.58. The van der Waals surface area contributed by atoms with Crippen LogP contribution in [-0.4, -0.2) is 43.2 Å². The first-order chi connectivity index (χ1) is 6.24. The molecule has 1 atom stereocenters. The first kappa shape index (κ1) is 10.3. The quantitative estimate of drug-likeness (QED) is 0.385. The maximum atomic E-state index is 5.35. The van der Waals surface area contributed by atoms with Crippen molar-refractivity contribution in [2.24, 2.45) is 16.5 Å². The molecule has 5 nitrogen and oxygen atoms in total. The highest BCUT2D eigenvalue weighted by molar-refractivity contribution is 5.75. The van der Waals surface area contributed by atoms with Gasteiger partial charge in [0.25, 0.3) is 0 Å². The molecule has 1 aliphatic rings. The van der Waals surface area contributed by atoms with Crippen LogP contribution in [0.1, 0.15) is 13.3 Å². The molecule has 0 aromatic rings. The molecule has 0 aliphatic carbocycles. The largest absolute Gasteiger partial charge is 0.370 e. The lowest BCUT2D eigenvalue weighted by Crippen LogP contribution is -2.51. The topological polar surface area (TPSA) is 79.7 Å². The average molecular weight is 185 g/mol. The standard InChI is InChI=1S/C8H19N5/c1-2-4-13-5-3-11-6-7(13)12-8(9)10/h7,11H,2-6H2,1H3,(H4,9,10,12)/t7-/m1/s1. The Morgan fingerprint density at radius 2 is 2.38 bits per heavy atom. The van der Waals surface area contributed by atoms with Crippen molar-refractivity contribution >= 4 is 5.96 Å². The number of guanidine groups is 1. The number of nitrogens with one attached hydrogen (secondary N) is 1. The molecule has 5 N–H and O–H groups in total. The molecule has 1 heterocycles. The Morgan fingerprint density at radius 3 is 3.00 bits per heavy atom. The minimum Gasteiger partial charge on any atom is -0.370 e. The van der Waals surface area contributed by atoms with Crippen LogP contribution in [0.25, 0.3) is 0 Å². The zero-order chi connectivity index (χ0) is 9.68. The van der Waals surface area contributed by atoms with Crippen molar-refractivity contribution in [2.45, 2.75) is 19.5 Å². The number of nitrogens with two attached hydrogens (primary N) is 2. The first-order valence-electron chi connectivity index (χ1n) is 4.77. The van der Waals surface area contributed by atoms with Crippen LogP contribution in [0.4, 0.5) is 0 Å². The van der Waals surface area contributed by atoms with Gasteiger partial charge in [0.2, 0.25) is 0 Å². The van der Waals surface area contributed by atoms with E-state index < -0.39 is 0 Å². The maximum Gasteiger partial charge on any atom is 0.187 e. The molecule has 76 valence electrons. The summed E-state index contributed by atoms with van der Waals surface area (Å²) in [7, 11) is 0. The monoisotopic (exact) mass is 185 g/mol.